The van der Waals surface area contributed by atoms with Gasteiger partial charge in [-0.15, -0.1) is 0 Å². The zero-order valence-corrected chi connectivity index (χ0v) is 30.1. The zero-order valence-electron chi connectivity index (χ0n) is 30.1. The number of methoxy groups -OCH3 is 1. The molecule has 0 spiro atoms. The maximum atomic E-state index is 13.2. The summed E-state index contributed by atoms with van der Waals surface area (Å²) in [7, 11) is 1.40. The van der Waals surface area contributed by atoms with Gasteiger partial charge in [-0.2, -0.15) is 0 Å². The van der Waals surface area contributed by atoms with E-state index in [1.54, 1.807) is 4.90 Å². The summed E-state index contributed by atoms with van der Waals surface area (Å²) in [6.07, 6.45) is 15.7. The van der Waals surface area contributed by atoms with Gasteiger partial charge in [0, 0.05) is 44.8 Å². The summed E-state index contributed by atoms with van der Waals surface area (Å²) >= 11 is 0. The van der Waals surface area contributed by atoms with Crippen LogP contribution in [0, 0.1) is 0 Å². The number of benzene rings is 1. The number of likely N-dealkylation sites (tertiary alicyclic amines) is 1. The predicted octanol–water partition coefficient (Wildman–Crippen LogP) is 8.20. The van der Waals surface area contributed by atoms with Crippen molar-refractivity contribution in [3.63, 3.8) is 0 Å². The number of carbonyl (C=O) groups excluding carboxylic acids is 3. The monoisotopic (exact) mass is 660 g/mol. The second kappa shape index (κ2) is 23.6. The van der Waals surface area contributed by atoms with Crippen molar-refractivity contribution in [2.75, 3.05) is 46.6 Å². The third-order valence-corrected chi connectivity index (χ3v) is 8.56. The first-order valence-electron chi connectivity index (χ1n) is 18.2. The Hall–Kier alpha value is -2.65. The number of piperidine rings is 1. The Kier molecular flexibility index (Phi) is 20.4. The lowest BCUT2D eigenvalue weighted by molar-refractivity contribution is -0.140. The van der Waals surface area contributed by atoms with Gasteiger partial charge in [-0.3, -0.25) is 9.59 Å². The maximum absolute atomic E-state index is 13.2. The first-order valence-corrected chi connectivity index (χ1v) is 18.2. The molecule has 0 saturated carbocycles. The average Bonchev–Trinajstić information content (AvgIpc) is 3.06. The second-order valence-corrected chi connectivity index (χ2v) is 13.9. The fourth-order valence-electron chi connectivity index (χ4n) is 5.76. The first-order chi connectivity index (χ1) is 22.6. The van der Waals surface area contributed by atoms with E-state index in [0.717, 1.165) is 37.7 Å². The number of nitrogens with zero attached hydrogens (tertiary/aromatic N) is 1. The lowest BCUT2D eigenvalue weighted by Crippen LogP contribution is -2.41. The van der Waals surface area contributed by atoms with Gasteiger partial charge in [-0.05, 0) is 76.5 Å². The van der Waals surface area contributed by atoms with E-state index in [0.29, 0.717) is 57.9 Å². The standard InChI is InChI=1S/C38H64N2O7/c1-6-7-8-9-10-11-12-13-14-16-27-46-34(30-45-26-17-15-21-35(41)44-5)29-39-36(42)33-20-18-19-32(28-33)31-22-24-40(25-23-31)37(43)47-38(2,3)4/h18-20,28,31,34H,6-17,21-27,29-30H2,1-5H3,(H,39,42)/t34-/m0/s1. The summed E-state index contributed by atoms with van der Waals surface area (Å²) in [6, 6.07) is 7.81. The van der Waals surface area contributed by atoms with Gasteiger partial charge < -0.3 is 29.2 Å². The van der Waals surface area contributed by atoms with Crippen LogP contribution in [0.3, 0.4) is 0 Å². The van der Waals surface area contributed by atoms with E-state index in [-0.39, 0.29) is 30.0 Å². The maximum Gasteiger partial charge on any atom is 0.410 e. The Morgan fingerprint density at radius 3 is 2.17 bits per heavy atom. The van der Waals surface area contributed by atoms with Crippen LogP contribution < -0.4 is 5.32 Å². The van der Waals surface area contributed by atoms with Crippen molar-refractivity contribution in [3.8, 4) is 0 Å². The van der Waals surface area contributed by atoms with E-state index in [2.05, 4.69) is 18.3 Å². The van der Waals surface area contributed by atoms with Gasteiger partial charge in [0.05, 0.1) is 19.8 Å². The third-order valence-electron chi connectivity index (χ3n) is 8.56. The number of ether oxygens (including phenoxy) is 4. The van der Waals surface area contributed by atoms with Gasteiger partial charge in [-0.1, -0.05) is 76.8 Å². The van der Waals surface area contributed by atoms with E-state index in [9.17, 15) is 14.4 Å². The van der Waals surface area contributed by atoms with Gasteiger partial charge in [0.25, 0.3) is 5.91 Å². The van der Waals surface area contributed by atoms with E-state index >= 15 is 0 Å². The number of carbonyl (C=O) groups is 3. The molecule has 0 aromatic heterocycles. The Balaban J connectivity index is 1.80. The Labute approximate surface area is 284 Å². The normalized spacial score (nSPS) is 14.5. The van der Waals surface area contributed by atoms with Gasteiger partial charge in [0.15, 0.2) is 0 Å². The van der Waals surface area contributed by atoms with Crippen LogP contribution in [0.2, 0.25) is 0 Å². The highest BCUT2D eigenvalue weighted by Gasteiger charge is 2.28. The van der Waals surface area contributed by atoms with Gasteiger partial charge in [-0.25, -0.2) is 4.79 Å². The van der Waals surface area contributed by atoms with Crippen molar-refractivity contribution < 1.29 is 33.3 Å². The van der Waals surface area contributed by atoms with Gasteiger partial charge in [0.2, 0.25) is 0 Å². The number of nitrogens with one attached hydrogen (secondary N) is 1. The van der Waals surface area contributed by atoms with Crippen LogP contribution in [-0.2, 0) is 23.7 Å². The Bertz CT molecular complexity index is 1020. The fourth-order valence-corrected chi connectivity index (χ4v) is 5.76. The molecule has 9 nitrogen and oxygen atoms in total. The van der Waals surface area contributed by atoms with Gasteiger partial charge in [0.1, 0.15) is 5.60 Å². The molecular weight excluding hydrogens is 596 g/mol. The molecule has 1 aliphatic rings. The van der Waals surface area contributed by atoms with Crippen LogP contribution in [0.5, 0.6) is 0 Å². The molecule has 1 saturated heterocycles. The van der Waals surface area contributed by atoms with E-state index < -0.39 is 5.60 Å². The van der Waals surface area contributed by atoms with Gasteiger partial charge >= 0.3 is 12.1 Å². The SMILES string of the molecule is CCCCCCCCCCCCO[C@@H](CNC(=O)c1cccc(C2CCN(C(=O)OC(C)(C)C)CC2)c1)COCCCCC(=O)OC. The molecule has 1 heterocycles. The lowest BCUT2D eigenvalue weighted by Gasteiger charge is -2.33. The highest BCUT2D eigenvalue weighted by molar-refractivity contribution is 5.94. The molecule has 1 atom stereocenters. The number of unbranched alkanes of at least 4 members (excludes halogenated alkanes) is 10. The van der Waals surface area contributed by atoms with E-state index in [1.165, 1.54) is 58.5 Å². The first kappa shape index (κ1) is 40.5. The van der Waals surface area contributed by atoms with Crippen LogP contribution in [-0.4, -0.2) is 81.1 Å². The molecule has 2 rings (SSSR count). The van der Waals surface area contributed by atoms with Crippen LogP contribution >= 0.6 is 0 Å². The minimum atomic E-state index is -0.509. The van der Waals surface area contributed by atoms with Crippen LogP contribution in [0.1, 0.15) is 146 Å². The number of hydrogen-bond donors (Lipinski definition) is 1. The number of esters is 1. The minimum absolute atomic E-state index is 0.136. The largest absolute Gasteiger partial charge is 0.469 e. The zero-order chi connectivity index (χ0) is 34.3. The molecule has 1 fully saturated rings. The molecule has 47 heavy (non-hydrogen) atoms. The molecule has 1 aliphatic heterocycles. The summed E-state index contributed by atoms with van der Waals surface area (Å²) in [6.45, 7) is 11.1. The molecule has 1 N–H and O–H groups in total. The molecule has 268 valence electrons. The van der Waals surface area contributed by atoms with E-state index in [1.807, 2.05) is 39.0 Å². The molecule has 1 aromatic carbocycles. The molecule has 0 bridgehead atoms. The molecular formula is C38H64N2O7. The van der Waals surface area contributed by atoms with Crippen LogP contribution in [0.25, 0.3) is 0 Å². The van der Waals surface area contributed by atoms with Crippen molar-refractivity contribution in [1.29, 1.82) is 0 Å². The fraction of sp³-hybridized carbons (Fsp3) is 0.763. The summed E-state index contributed by atoms with van der Waals surface area (Å²) in [5, 5.41) is 3.06. The average molecular weight is 661 g/mol. The van der Waals surface area contributed by atoms with Crippen molar-refractivity contribution in [2.24, 2.45) is 0 Å². The van der Waals surface area contributed by atoms with Crippen molar-refractivity contribution in [2.45, 2.75) is 142 Å². The number of amides is 2. The molecule has 0 unspecified atom stereocenters. The molecule has 2 amide bonds. The molecule has 0 aliphatic carbocycles. The summed E-state index contributed by atoms with van der Waals surface area (Å²) in [4.78, 5) is 38.8. The van der Waals surface area contributed by atoms with Crippen LogP contribution in [0.4, 0.5) is 4.79 Å². The van der Waals surface area contributed by atoms with Crippen LogP contribution in [0.15, 0.2) is 24.3 Å². The lowest BCUT2D eigenvalue weighted by atomic mass is 9.88. The third kappa shape index (κ3) is 18.5. The molecule has 1 aromatic rings. The number of hydrogen-bond acceptors (Lipinski definition) is 7. The molecule has 9 heteroatoms. The Morgan fingerprint density at radius 2 is 1.53 bits per heavy atom. The summed E-state index contributed by atoms with van der Waals surface area (Å²) in [5.41, 5.74) is 1.23. The predicted molar refractivity (Wildman–Crippen MR) is 187 cm³/mol. The quantitative estimate of drug-likeness (QED) is 0.0932. The topological polar surface area (TPSA) is 103 Å². The second-order valence-electron chi connectivity index (χ2n) is 13.9. The minimum Gasteiger partial charge on any atom is -0.469 e. The van der Waals surface area contributed by atoms with Crippen molar-refractivity contribution in [1.82, 2.24) is 10.2 Å². The highest BCUT2D eigenvalue weighted by atomic mass is 16.6. The molecule has 0 radical (unpaired) electrons. The number of rotatable bonds is 23. The smallest absolute Gasteiger partial charge is 0.410 e. The van der Waals surface area contributed by atoms with E-state index in [4.69, 9.17) is 18.9 Å². The van der Waals surface area contributed by atoms with Crippen molar-refractivity contribution in [3.05, 3.63) is 35.4 Å². The van der Waals surface area contributed by atoms with Crippen molar-refractivity contribution >= 4 is 18.0 Å². The highest BCUT2D eigenvalue weighted by Crippen LogP contribution is 2.29. The summed E-state index contributed by atoms with van der Waals surface area (Å²) in [5.74, 6) is -0.0597. The Morgan fingerprint density at radius 1 is 0.894 bits per heavy atom. The summed E-state index contributed by atoms with van der Waals surface area (Å²) < 4.78 is 22.3.